The van der Waals surface area contributed by atoms with Gasteiger partial charge < -0.3 is 9.84 Å². The van der Waals surface area contributed by atoms with E-state index in [1.54, 1.807) is 31.4 Å². The van der Waals surface area contributed by atoms with Gasteiger partial charge in [-0.3, -0.25) is 0 Å². The lowest BCUT2D eigenvalue weighted by molar-refractivity contribution is -0.212. The fraction of sp³-hybridized carbons (Fsp3) is 0.0357. The fourth-order valence-electron chi connectivity index (χ4n) is 3.87. The van der Waals surface area contributed by atoms with Crippen LogP contribution in [0.15, 0.2) is 131 Å². The maximum absolute atomic E-state index is 13.3. The van der Waals surface area contributed by atoms with E-state index in [-0.39, 0.29) is 5.90 Å². The van der Waals surface area contributed by atoms with E-state index >= 15 is 0 Å². The number of halogens is 1. The Labute approximate surface area is 200 Å². The smallest absolute Gasteiger partial charge is 0.208 e. The van der Waals surface area contributed by atoms with Gasteiger partial charge in [-0.05, 0) is 60.0 Å². The van der Waals surface area contributed by atoms with Gasteiger partial charge in [0.25, 0.3) is 0 Å². The van der Waals surface area contributed by atoms with E-state index in [1.165, 1.54) is 5.54 Å². The number of hydrogen-bond acceptors (Lipinski definition) is 3. The van der Waals surface area contributed by atoms with Crippen molar-refractivity contribution in [1.29, 1.82) is 0 Å². The van der Waals surface area contributed by atoms with Crippen LogP contribution >= 0.6 is 18.9 Å². The number of benzene rings is 4. The maximum atomic E-state index is 13.3. The van der Waals surface area contributed by atoms with Gasteiger partial charge in [-0.1, -0.05) is 78.3 Å². The van der Waals surface area contributed by atoms with Gasteiger partial charge in [-0.15, -0.1) is 0 Å². The van der Waals surface area contributed by atoms with Crippen LogP contribution in [0.1, 0.15) is 5.56 Å². The molecule has 4 aromatic carbocycles. The van der Waals surface area contributed by atoms with Gasteiger partial charge in [0.05, 0.1) is 12.6 Å². The van der Waals surface area contributed by atoms with Crippen LogP contribution in [0.25, 0.3) is 0 Å². The van der Waals surface area contributed by atoms with Crippen molar-refractivity contribution in [2.24, 2.45) is 4.99 Å². The molecule has 0 aromatic heterocycles. The summed E-state index contributed by atoms with van der Waals surface area (Å²) in [5, 5.41) is 16.5. The topological polar surface area (TPSA) is 44.6 Å². The molecule has 0 saturated heterocycles. The molecule has 0 radical (unpaired) electrons. The molecule has 5 heteroatoms. The highest BCUT2D eigenvalue weighted by Crippen LogP contribution is 2.63. The zero-order valence-corrected chi connectivity index (χ0v) is 19.8. The van der Waals surface area contributed by atoms with Gasteiger partial charge >= 0.3 is 0 Å². The SMILES string of the molecule is COc1ccc(/C([O-])=N\C(=C/Cl)[P+](c2ccccc2)(c2ccccc2)c2ccccc2)cc1. The molecule has 0 saturated carbocycles. The summed E-state index contributed by atoms with van der Waals surface area (Å²) in [5.41, 5.74) is 2.48. The van der Waals surface area contributed by atoms with Crippen LogP contribution in [0.3, 0.4) is 0 Å². The summed E-state index contributed by atoms with van der Waals surface area (Å²) in [7, 11) is -0.945. The van der Waals surface area contributed by atoms with E-state index in [4.69, 9.17) is 16.3 Å². The molecule has 3 nitrogen and oxygen atoms in total. The molecule has 164 valence electrons. The van der Waals surface area contributed by atoms with E-state index in [0.29, 0.717) is 16.8 Å². The molecule has 0 unspecified atom stereocenters. The predicted octanol–water partition coefficient (Wildman–Crippen LogP) is 4.83. The lowest BCUT2D eigenvalue weighted by Crippen LogP contribution is -2.33. The van der Waals surface area contributed by atoms with Gasteiger partial charge in [-0.2, -0.15) is 0 Å². The van der Waals surface area contributed by atoms with Crippen molar-refractivity contribution in [3.63, 3.8) is 0 Å². The van der Waals surface area contributed by atoms with Crippen LogP contribution in [0, 0.1) is 0 Å². The maximum Gasteiger partial charge on any atom is 0.208 e. The van der Waals surface area contributed by atoms with Crippen molar-refractivity contribution in [2.45, 2.75) is 0 Å². The summed E-state index contributed by atoms with van der Waals surface area (Å²) in [4.78, 5) is 4.62. The zero-order chi connectivity index (χ0) is 23.1. The molecule has 0 fully saturated rings. The van der Waals surface area contributed by atoms with E-state index in [2.05, 4.69) is 41.4 Å². The van der Waals surface area contributed by atoms with Crippen molar-refractivity contribution in [3.05, 3.63) is 132 Å². The Morgan fingerprint density at radius 2 is 1.15 bits per heavy atom. The van der Waals surface area contributed by atoms with E-state index < -0.39 is 7.26 Å². The van der Waals surface area contributed by atoms with Gasteiger partial charge in [0.2, 0.25) is 5.44 Å². The summed E-state index contributed by atoms with van der Waals surface area (Å²) >= 11 is 6.48. The van der Waals surface area contributed by atoms with Crippen LogP contribution < -0.4 is 25.8 Å². The van der Waals surface area contributed by atoms with Gasteiger partial charge in [-0.25, -0.2) is 4.99 Å². The van der Waals surface area contributed by atoms with E-state index in [9.17, 15) is 5.11 Å². The molecule has 33 heavy (non-hydrogen) atoms. The predicted molar refractivity (Wildman–Crippen MR) is 139 cm³/mol. The van der Waals surface area contributed by atoms with Gasteiger partial charge in [0.1, 0.15) is 21.7 Å². The first-order chi connectivity index (χ1) is 16.2. The third-order valence-corrected chi connectivity index (χ3v) is 9.92. The highest BCUT2D eigenvalue weighted by atomic mass is 35.5. The lowest BCUT2D eigenvalue weighted by Gasteiger charge is -2.28. The second-order valence-electron chi connectivity index (χ2n) is 7.29. The number of nitrogens with zero attached hydrogens (tertiary/aromatic N) is 1. The highest BCUT2D eigenvalue weighted by Gasteiger charge is 2.50. The normalized spacial score (nSPS) is 12.4. The van der Waals surface area contributed by atoms with Crippen LogP contribution in [0.4, 0.5) is 0 Å². The summed E-state index contributed by atoms with van der Waals surface area (Å²) in [6, 6.07) is 37.4. The second kappa shape index (κ2) is 10.5. The first-order valence-electron chi connectivity index (χ1n) is 10.5. The van der Waals surface area contributed by atoms with Crippen molar-refractivity contribution in [1.82, 2.24) is 0 Å². The fourth-order valence-corrected chi connectivity index (χ4v) is 8.29. The minimum absolute atomic E-state index is 0.350. The largest absolute Gasteiger partial charge is 0.858 e. The quantitative estimate of drug-likeness (QED) is 0.220. The Balaban J connectivity index is 1.99. The van der Waals surface area contributed by atoms with Crippen molar-refractivity contribution < 1.29 is 9.84 Å². The molecule has 4 aromatic rings. The molecular weight excluding hydrogens is 449 g/mol. The monoisotopic (exact) mass is 471 g/mol. The molecule has 4 rings (SSSR count). The number of aliphatic imine (C=N–C) groups is 1. The first-order valence-corrected chi connectivity index (χ1v) is 12.7. The summed E-state index contributed by atoms with van der Waals surface area (Å²) < 4.78 is 5.21. The Bertz CT molecular complexity index is 1140. The van der Waals surface area contributed by atoms with E-state index in [0.717, 1.165) is 15.9 Å². The average molecular weight is 472 g/mol. The van der Waals surface area contributed by atoms with Crippen molar-refractivity contribution in [3.8, 4) is 5.75 Å². The average Bonchev–Trinajstić information content (AvgIpc) is 2.90. The molecule has 0 heterocycles. The molecular formula is C28H23ClNO2P. The molecule has 0 amide bonds. The third kappa shape index (κ3) is 4.57. The third-order valence-electron chi connectivity index (χ3n) is 5.42. The van der Waals surface area contributed by atoms with Crippen LogP contribution in [-0.4, -0.2) is 13.0 Å². The standard InChI is InChI=1S/C28H23ClNO2P/c1-32-23-19-17-22(18-20-23)28(31)30-27(21-29)33(24-11-5-2-6-12-24,25-13-7-3-8-14-25)26-15-9-4-10-16-26/h2-21H,1H3/b27-21+. The van der Waals surface area contributed by atoms with Crippen LogP contribution in [0.2, 0.25) is 0 Å². The van der Waals surface area contributed by atoms with Crippen LogP contribution in [0.5, 0.6) is 5.75 Å². The summed E-state index contributed by atoms with van der Waals surface area (Å²) in [6.07, 6.45) is 0. The number of methoxy groups -OCH3 is 1. The minimum Gasteiger partial charge on any atom is -0.858 e. The highest BCUT2D eigenvalue weighted by molar-refractivity contribution is 7.99. The van der Waals surface area contributed by atoms with Gasteiger partial charge in [0, 0.05) is 0 Å². The molecule has 0 aliphatic carbocycles. The molecule has 0 bridgehead atoms. The van der Waals surface area contributed by atoms with Gasteiger partial charge in [0.15, 0.2) is 7.26 Å². The minimum atomic E-state index is -2.54. The summed E-state index contributed by atoms with van der Waals surface area (Å²) in [6.45, 7) is 0. The lowest BCUT2D eigenvalue weighted by atomic mass is 10.2. The molecule has 0 aliphatic heterocycles. The summed E-state index contributed by atoms with van der Waals surface area (Å²) in [5.74, 6) is 0.330. The Morgan fingerprint density at radius 1 is 0.727 bits per heavy atom. The number of hydrogen-bond donors (Lipinski definition) is 0. The zero-order valence-electron chi connectivity index (χ0n) is 18.1. The van der Waals surface area contributed by atoms with Crippen LogP contribution in [-0.2, 0) is 0 Å². The first kappa shape index (κ1) is 22.8. The Kier molecular flexibility index (Phi) is 7.24. The Hall–Kier alpha value is -3.39. The second-order valence-corrected chi connectivity index (χ2v) is 10.9. The van der Waals surface area contributed by atoms with Crippen molar-refractivity contribution in [2.75, 3.05) is 7.11 Å². The van der Waals surface area contributed by atoms with Crippen molar-refractivity contribution >= 4 is 40.7 Å². The molecule has 0 aliphatic rings. The Morgan fingerprint density at radius 3 is 1.52 bits per heavy atom. The molecule has 0 N–H and O–H groups in total. The molecule has 0 atom stereocenters. The number of ether oxygens (including phenoxy) is 1. The molecule has 0 spiro atoms. The number of rotatable bonds is 7. The van der Waals surface area contributed by atoms with E-state index in [1.807, 2.05) is 54.6 Å².